The van der Waals surface area contributed by atoms with Crippen molar-refractivity contribution in [2.75, 3.05) is 0 Å². The van der Waals surface area contributed by atoms with E-state index in [0.29, 0.717) is 17.8 Å². The molecule has 1 aromatic carbocycles. The predicted molar refractivity (Wildman–Crippen MR) is 119 cm³/mol. The molecule has 2 aliphatic carbocycles. The van der Waals surface area contributed by atoms with Gasteiger partial charge in [-0.2, -0.15) is 0 Å². The van der Waals surface area contributed by atoms with Crippen LogP contribution in [-0.2, 0) is 9.53 Å². The number of halogens is 1. The van der Waals surface area contributed by atoms with Crippen LogP contribution in [0.5, 0.6) is 0 Å². The van der Waals surface area contributed by atoms with Crippen molar-refractivity contribution in [1.29, 1.82) is 0 Å². The minimum Gasteiger partial charge on any atom is -0.462 e. The van der Waals surface area contributed by atoms with Crippen LogP contribution >= 0.6 is 0 Å². The van der Waals surface area contributed by atoms with Crippen LogP contribution in [0.4, 0.5) is 4.39 Å². The zero-order valence-electron chi connectivity index (χ0n) is 18.2. The fourth-order valence-electron chi connectivity index (χ4n) is 6.40. The lowest BCUT2D eigenvalue weighted by atomic mass is 9.56. The lowest BCUT2D eigenvalue weighted by Crippen LogP contribution is -2.43. The van der Waals surface area contributed by atoms with Gasteiger partial charge >= 0.3 is 5.97 Å². The number of pyridine rings is 1. The van der Waals surface area contributed by atoms with Crippen molar-refractivity contribution in [1.82, 2.24) is 4.98 Å². The number of benzene rings is 1. The second kappa shape index (κ2) is 8.22. The molecular weight excluding hydrogens is 389 g/mol. The number of nitrogens with zero attached hydrogens (tertiary/aromatic N) is 1. The number of esters is 1. The Balaban J connectivity index is 1.39. The van der Waals surface area contributed by atoms with Crippen LogP contribution in [0.3, 0.4) is 0 Å². The van der Waals surface area contributed by atoms with Crippen LogP contribution in [0.25, 0.3) is 17.2 Å². The molecule has 2 heterocycles. The summed E-state index contributed by atoms with van der Waals surface area (Å²) in [7, 11) is 0. The Morgan fingerprint density at radius 1 is 1.10 bits per heavy atom. The number of allylic oxidation sites excluding steroid dienone is 1. The van der Waals surface area contributed by atoms with E-state index in [1.807, 2.05) is 18.2 Å². The van der Waals surface area contributed by atoms with Crippen molar-refractivity contribution >= 4 is 12.0 Å². The first-order valence-corrected chi connectivity index (χ1v) is 11.6. The summed E-state index contributed by atoms with van der Waals surface area (Å²) < 4.78 is 19.2. The maximum atomic E-state index is 13.5. The second-order valence-electron chi connectivity index (χ2n) is 9.82. The van der Waals surface area contributed by atoms with Crippen LogP contribution in [0.15, 0.2) is 48.7 Å². The first-order chi connectivity index (χ1) is 15.0. The highest BCUT2D eigenvalue weighted by Crippen LogP contribution is 2.54. The highest BCUT2D eigenvalue weighted by Gasteiger charge is 2.54. The first-order valence-electron chi connectivity index (χ1n) is 11.6. The van der Waals surface area contributed by atoms with Crippen LogP contribution in [-0.4, -0.2) is 17.1 Å². The quantitative estimate of drug-likeness (QED) is 0.560. The van der Waals surface area contributed by atoms with E-state index >= 15 is 0 Å². The van der Waals surface area contributed by atoms with Crippen molar-refractivity contribution in [3.63, 3.8) is 0 Å². The third kappa shape index (κ3) is 3.93. The summed E-state index contributed by atoms with van der Waals surface area (Å²) in [4.78, 5) is 17.1. The Hall–Kier alpha value is -2.49. The van der Waals surface area contributed by atoms with Gasteiger partial charge in [-0.25, -0.2) is 4.39 Å². The molecule has 0 radical (unpaired) electrons. The van der Waals surface area contributed by atoms with Gasteiger partial charge in [-0.3, -0.25) is 9.78 Å². The van der Waals surface area contributed by atoms with Crippen molar-refractivity contribution in [2.24, 2.45) is 35.5 Å². The summed E-state index contributed by atoms with van der Waals surface area (Å²) in [5.74, 6) is 2.40. The minimum atomic E-state index is -0.243. The average Bonchev–Trinajstić information content (AvgIpc) is 3.04. The van der Waals surface area contributed by atoms with Crippen LogP contribution in [0, 0.1) is 41.3 Å². The largest absolute Gasteiger partial charge is 0.462 e. The molecule has 1 aromatic heterocycles. The molecule has 4 unspecified atom stereocenters. The molecule has 5 rings (SSSR count). The molecule has 3 fully saturated rings. The van der Waals surface area contributed by atoms with Gasteiger partial charge in [0.25, 0.3) is 0 Å². The van der Waals surface area contributed by atoms with Crippen LogP contribution < -0.4 is 0 Å². The van der Waals surface area contributed by atoms with E-state index in [-0.39, 0.29) is 29.7 Å². The molecule has 2 saturated carbocycles. The van der Waals surface area contributed by atoms with E-state index in [1.165, 1.54) is 31.4 Å². The van der Waals surface area contributed by atoms with Crippen LogP contribution in [0.2, 0.25) is 0 Å². The van der Waals surface area contributed by atoms with E-state index in [2.05, 4.69) is 31.0 Å². The molecule has 0 spiro atoms. The third-order valence-electron chi connectivity index (χ3n) is 7.84. The molecule has 0 N–H and O–H groups in total. The van der Waals surface area contributed by atoms with E-state index < -0.39 is 0 Å². The molecule has 31 heavy (non-hydrogen) atoms. The van der Waals surface area contributed by atoms with E-state index in [0.717, 1.165) is 29.2 Å². The molecule has 1 aliphatic heterocycles. The van der Waals surface area contributed by atoms with E-state index in [9.17, 15) is 9.18 Å². The molecule has 2 aromatic rings. The number of rotatable bonds is 3. The highest BCUT2D eigenvalue weighted by atomic mass is 19.1. The molecular formula is C27H30FNO2. The zero-order valence-corrected chi connectivity index (χ0v) is 18.2. The molecule has 3 nitrogen and oxygen atoms in total. The average molecular weight is 420 g/mol. The van der Waals surface area contributed by atoms with Crippen LogP contribution in [0.1, 0.15) is 45.2 Å². The smallest absolute Gasteiger partial charge is 0.309 e. The molecule has 3 aliphatic rings. The number of hydrogen-bond donors (Lipinski definition) is 0. The molecule has 162 valence electrons. The Bertz CT molecular complexity index is 985. The summed E-state index contributed by atoms with van der Waals surface area (Å²) in [6, 6.07) is 10.5. The Morgan fingerprint density at radius 2 is 1.97 bits per heavy atom. The molecule has 0 amide bonds. The highest BCUT2D eigenvalue weighted by molar-refractivity contribution is 5.75. The third-order valence-corrected chi connectivity index (χ3v) is 7.84. The van der Waals surface area contributed by atoms with Gasteiger partial charge in [0, 0.05) is 17.7 Å². The molecule has 7 atom stereocenters. The van der Waals surface area contributed by atoms with E-state index in [4.69, 9.17) is 4.74 Å². The van der Waals surface area contributed by atoms with Gasteiger partial charge in [0.05, 0.1) is 11.6 Å². The number of aromatic nitrogens is 1. The maximum Gasteiger partial charge on any atom is 0.309 e. The van der Waals surface area contributed by atoms with Gasteiger partial charge in [-0.05, 0) is 79.7 Å². The number of hydrogen-bond acceptors (Lipinski definition) is 3. The predicted octanol–water partition coefficient (Wildman–Crippen LogP) is 6.15. The molecule has 0 bridgehead atoms. The van der Waals surface area contributed by atoms with Gasteiger partial charge in [0.1, 0.15) is 11.9 Å². The Labute approximate surface area is 183 Å². The normalized spacial score (nSPS) is 34.9. The fraction of sp³-hybridized carbons (Fsp3) is 0.481. The van der Waals surface area contributed by atoms with Crippen molar-refractivity contribution in [2.45, 2.75) is 45.6 Å². The summed E-state index contributed by atoms with van der Waals surface area (Å²) >= 11 is 0. The number of fused-ring (bicyclic) bond motifs is 2. The summed E-state index contributed by atoms with van der Waals surface area (Å²) in [6.45, 7) is 4.40. The minimum absolute atomic E-state index is 0.00477. The number of carbonyl (C=O) groups excluding carboxylic acids is 1. The SMILES string of the molecule is CC1CCC2C(/C=C/c3ccc(-c4cccc(F)c4)cn3)[C@H]3C(C[C@@H]2C1)C(=O)O[C@@H]3C. The van der Waals surface area contributed by atoms with Crippen molar-refractivity contribution in [3.05, 3.63) is 60.2 Å². The van der Waals surface area contributed by atoms with Gasteiger partial charge in [0.2, 0.25) is 0 Å². The molecule has 4 heteroatoms. The summed E-state index contributed by atoms with van der Waals surface area (Å²) in [5, 5.41) is 0. The van der Waals surface area contributed by atoms with E-state index in [1.54, 1.807) is 12.3 Å². The zero-order chi connectivity index (χ0) is 21.5. The van der Waals surface area contributed by atoms with Gasteiger partial charge in [0.15, 0.2) is 0 Å². The maximum absolute atomic E-state index is 13.5. The summed E-state index contributed by atoms with van der Waals surface area (Å²) in [6.07, 6.45) is 10.9. The van der Waals surface area contributed by atoms with Gasteiger partial charge < -0.3 is 4.74 Å². The van der Waals surface area contributed by atoms with Crippen molar-refractivity contribution in [3.8, 4) is 11.1 Å². The number of carbonyl (C=O) groups is 1. The fourth-order valence-corrected chi connectivity index (χ4v) is 6.40. The standard InChI is InChI=1S/C27H30FNO2/c1-16-6-10-23-20(12-16)14-25-26(17(2)31-27(25)30)24(23)11-9-22-8-7-19(15-29-22)18-4-3-5-21(28)13-18/h3-5,7-9,11,13,15-17,20,23-26H,6,10,12,14H2,1-2H3/b11-9+/t16?,17-,20+,23?,24?,25?,26+/m1/s1. The lowest BCUT2D eigenvalue weighted by molar-refractivity contribution is -0.144. The summed E-state index contributed by atoms with van der Waals surface area (Å²) in [5.41, 5.74) is 2.62. The second-order valence-corrected chi connectivity index (χ2v) is 9.82. The topological polar surface area (TPSA) is 39.2 Å². The Kier molecular flexibility index (Phi) is 5.41. The first kappa shape index (κ1) is 20.4. The van der Waals surface area contributed by atoms with Crippen molar-refractivity contribution < 1.29 is 13.9 Å². The monoisotopic (exact) mass is 419 g/mol. The number of cyclic esters (lactones) is 1. The molecule has 1 saturated heterocycles. The lowest BCUT2D eigenvalue weighted by Gasteiger charge is -2.47. The van der Waals surface area contributed by atoms with Gasteiger partial charge in [-0.1, -0.05) is 37.6 Å². The Morgan fingerprint density at radius 3 is 2.74 bits per heavy atom. The van der Waals surface area contributed by atoms with Gasteiger partial charge in [-0.15, -0.1) is 0 Å². The number of ether oxygens (including phenoxy) is 1.